The highest BCUT2D eigenvalue weighted by Gasteiger charge is 2.30. The zero-order chi connectivity index (χ0) is 30.4. The molecule has 0 unspecified atom stereocenters. The lowest BCUT2D eigenvalue weighted by atomic mass is 9.85. The molecule has 0 aliphatic heterocycles. The Morgan fingerprint density at radius 2 is 1.42 bits per heavy atom. The minimum Gasteiger partial charge on any atom is -0.505 e. The molecular weight excluding hydrogens is 546 g/mol. The number of carbonyl (C=O) groups is 1. The van der Waals surface area contributed by atoms with E-state index in [-0.39, 0.29) is 70.5 Å². The molecule has 0 saturated heterocycles. The number of allylic oxidation sites excluding steroid dienone is 1. The van der Waals surface area contributed by atoms with Crippen molar-refractivity contribution in [3.63, 3.8) is 0 Å². The van der Waals surface area contributed by atoms with Gasteiger partial charge in [-0.25, -0.2) is 0 Å². The average molecular weight is 576 g/mol. The van der Waals surface area contributed by atoms with Gasteiger partial charge < -0.3 is 21.1 Å². The highest BCUT2D eigenvalue weighted by molar-refractivity contribution is 6.12. The number of hydrogen-bond donors (Lipinski definition) is 4. The van der Waals surface area contributed by atoms with Gasteiger partial charge in [0.15, 0.2) is 17.3 Å². The van der Waals surface area contributed by atoms with Gasteiger partial charge in [0, 0.05) is 29.8 Å². The third-order valence-corrected chi connectivity index (χ3v) is 7.42. The van der Waals surface area contributed by atoms with Crippen molar-refractivity contribution in [3.8, 4) is 34.0 Å². The summed E-state index contributed by atoms with van der Waals surface area (Å²) >= 11 is 0. The standard InChI is InChI=1S/C32H29N7O4/c1-17(2)30(41)27-18(3)28(32(43)29(20(27)12-13-40)39-36-24-10-6-7-11-25(24)37-39)21-14-19(16-33)15-26(31(21)42)38-34-22-8-4-5-9-23(22)35-38/h4-11,14-15,40,42-43H,1,12-13,16,33H2,2-3H3. The van der Waals surface area contributed by atoms with E-state index in [0.29, 0.717) is 38.8 Å². The topological polar surface area (TPSA) is 165 Å². The second kappa shape index (κ2) is 10.8. The number of nitrogens with zero attached hydrogens (tertiary/aromatic N) is 6. The number of ketones is 1. The van der Waals surface area contributed by atoms with Crippen molar-refractivity contribution in [1.29, 1.82) is 0 Å². The van der Waals surface area contributed by atoms with Crippen LogP contribution in [0, 0.1) is 6.92 Å². The first-order valence-electron chi connectivity index (χ1n) is 13.6. The number of phenolic OH excluding ortho intramolecular Hbond substituents is 2. The predicted octanol–water partition coefficient (Wildman–Crippen LogP) is 4.29. The Morgan fingerprint density at radius 1 is 0.884 bits per heavy atom. The van der Waals surface area contributed by atoms with Gasteiger partial charge in [-0.3, -0.25) is 4.79 Å². The maximum absolute atomic E-state index is 13.7. The van der Waals surface area contributed by atoms with Crippen LogP contribution in [0.25, 0.3) is 44.6 Å². The second-order valence-electron chi connectivity index (χ2n) is 10.3. The molecule has 2 heterocycles. The first-order chi connectivity index (χ1) is 20.7. The number of phenols is 2. The van der Waals surface area contributed by atoms with Crippen LogP contribution >= 0.6 is 0 Å². The number of carbonyl (C=O) groups excluding carboxylic acids is 1. The SMILES string of the molecule is C=C(C)C(=O)c1c(C)c(-c2cc(CN)cc(-n3nc4ccccc4n3)c2O)c(O)c(-n2nc3ccccc3n2)c1CCO. The van der Waals surface area contributed by atoms with E-state index in [1.54, 1.807) is 38.1 Å². The number of Topliss-reactive ketones (excluding diaryl/α,β-unsaturated/α-hetero) is 1. The summed E-state index contributed by atoms with van der Waals surface area (Å²) in [4.78, 5) is 16.3. The van der Waals surface area contributed by atoms with E-state index in [0.717, 1.165) is 0 Å². The molecule has 0 atom stereocenters. The van der Waals surface area contributed by atoms with Crippen molar-refractivity contribution >= 4 is 27.9 Å². The Kier molecular flexibility index (Phi) is 6.96. The Labute approximate surface area is 246 Å². The molecule has 0 aliphatic carbocycles. The molecule has 43 heavy (non-hydrogen) atoms. The van der Waals surface area contributed by atoms with Crippen LogP contribution in [0.4, 0.5) is 0 Å². The van der Waals surface area contributed by atoms with Crippen LogP contribution in [0.5, 0.6) is 11.5 Å². The van der Waals surface area contributed by atoms with Crippen LogP contribution in [0.3, 0.4) is 0 Å². The van der Waals surface area contributed by atoms with Crippen LogP contribution in [0.1, 0.15) is 34.0 Å². The van der Waals surface area contributed by atoms with Gasteiger partial charge >= 0.3 is 0 Å². The fraction of sp³-hybridized carbons (Fsp3) is 0.156. The summed E-state index contributed by atoms with van der Waals surface area (Å²) in [5, 5.41) is 52.0. The summed E-state index contributed by atoms with van der Waals surface area (Å²) in [5.74, 6) is -0.896. The maximum Gasteiger partial charge on any atom is 0.188 e. The quantitative estimate of drug-likeness (QED) is 0.153. The van der Waals surface area contributed by atoms with E-state index < -0.39 is 0 Å². The van der Waals surface area contributed by atoms with Gasteiger partial charge in [-0.1, -0.05) is 30.8 Å². The van der Waals surface area contributed by atoms with Crippen LogP contribution in [-0.4, -0.2) is 57.7 Å². The highest BCUT2D eigenvalue weighted by atomic mass is 16.3. The van der Waals surface area contributed by atoms with Gasteiger partial charge in [0.2, 0.25) is 0 Å². The highest BCUT2D eigenvalue weighted by Crippen LogP contribution is 2.47. The van der Waals surface area contributed by atoms with Crippen molar-refractivity contribution in [2.75, 3.05) is 6.61 Å². The van der Waals surface area contributed by atoms with Gasteiger partial charge in [-0.2, -0.15) is 0 Å². The summed E-state index contributed by atoms with van der Waals surface area (Å²) < 4.78 is 0. The summed E-state index contributed by atoms with van der Waals surface area (Å²) in [6, 6.07) is 17.8. The molecular formula is C32H29N7O4. The number of fused-ring (bicyclic) bond motifs is 2. The van der Waals surface area contributed by atoms with Crippen LogP contribution < -0.4 is 5.73 Å². The molecule has 0 amide bonds. The first kappa shape index (κ1) is 27.8. The maximum atomic E-state index is 13.7. The lowest BCUT2D eigenvalue weighted by molar-refractivity contribution is 0.103. The third-order valence-electron chi connectivity index (χ3n) is 7.42. The van der Waals surface area contributed by atoms with E-state index in [1.807, 2.05) is 36.4 Å². The second-order valence-corrected chi connectivity index (χ2v) is 10.3. The summed E-state index contributed by atoms with van der Waals surface area (Å²) in [7, 11) is 0. The summed E-state index contributed by atoms with van der Waals surface area (Å²) in [6.07, 6.45) is 0.0279. The van der Waals surface area contributed by atoms with Gasteiger partial charge in [-0.05, 0) is 78.9 Å². The van der Waals surface area contributed by atoms with E-state index in [1.165, 1.54) is 9.59 Å². The Morgan fingerprint density at radius 3 is 1.91 bits per heavy atom. The molecule has 0 aliphatic rings. The lowest BCUT2D eigenvalue weighted by Crippen LogP contribution is -2.16. The number of aliphatic hydroxyl groups is 1. The van der Waals surface area contributed by atoms with E-state index >= 15 is 0 Å². The van der Waals surface area contributed by atoms with Crippen molar-refractivity contribution < 1.29 is 20.1 Å². The van der Waals surface area contributed by atoms with E-state index in [2.05, 4.69) is 27.0 Å². The molecule has 0 saturated carbocycles. The van der Waals surface area contributed by atoms with E-state index in [4.69, 9.17) is 5.73 Å². The number of aromatic hydroxyl groups is 2. The average Bonchev–Trinajstić information content (AvgIpc) is 3.62. The molecule has 5 N–H and O–H groups in total. The molecule has 4 aromatic carbocycles. The van der Waals surface area contributed by atoms with Crippen molar-refractivity contribution in [3.05, 3.63) is 95.1 Å². The van der Waals surface area contributed by atoms with Crippen molar-refractivity contribution in [2.45, 2.75) is 26.8 Å². The van der Waals surface area contributed by atoms with Crippen molar-refractivity contribution in [1.82, 2.24) is 30.0 Å². The molecule has 11 heteroatoms. The van der Waals surface area contributed by atoms with Gasteiger partial charge in [0.25, 0.3) is 0 Å². The smallest absolute Gasteiger partial charge is 0.188 e. The number of aromatic nitrogens is 6. The van der Waals surface area contributed by atoms with Crippen LogP contribution in [0.15, 0.2) is 72.8 Å². The molecule has 2 aromatic heterocycles. The summed E-state index contributed by atoms with van der Waals surface area (Å²) in [5.41, 5.74) is 11.0. The number of rotatable bonds is 8. The Hall–Kier alpha value is -5.39. The van der Waals surface area contributed by atoms with Crippen LogP contribution in [0.2, 0.25) is 0 Å². The van der Waals surface area contributed by atoms with Gasteiger partial charge in [0.1, 0.15) is 33.4 Å². The normalized spacial score (nSPS) is 11.4. The van der Waals surface area contributed by atoms with Crippen molar-refractivity contribution in [2.24, 2.45) is 5.73 Å². The molecule has 6 aromatic rings. The minimum atomic E-state index is -0.380. The molecule has 0 radical (unpaired) electrons. The Balaban J connectivity index is 1.71. The fourth-order valence-corrected chi connectivity index (χ4v) is 5.40. The number of aliphatic hydroxyl groups excluding tert-OH is 1. The Bertz CT molecular complexity index is 2010. The first-order valence-corrected chi connectivity index (χ1v) is 13.6. The van der Waals surface area contributed by atoms with E-state index in [9.17, 15) is 20.1 Å². The number of nitrogens with two attached hydrogens (primary N) is 1. The monoisotopic (exact) mass is 575 g/mol. The van der Waals surface area contributed by atoms with Crippen LogP contribution in [-0.2, 0) is 13.0 Å². The molecule has 0 spiro atoms. The molecule has 0 bridgehead atoms. The zero-order valence-electron chi connectivity index (χ0n) is 23.6. The minimum absolute atomic E-state index is 0.0279. The molecule has 0 fully saturated rings. The fourth-order valence-electron chi connectivity index (χ4n) is 5.40. The molecule has 11 nitrogen and oxygen atoms in total. The number of benzene rings is 4. The van der Waals surface area contributed by atoms with Gasteiger partial charge in [0.05, 0.1) is 0 Å². The number of hydrogen-bond acceptors (Lipinski definition) is 9. The molecule has 216 valence electrons. The predicted molar refractivity (Wildman–Crippen MR) is 163 cm³/mol. The summed E-state index contributed by atoms with van der Waals surface area (Å²) in [6.45, 7) is 6.93. The largest absolute Gasteiger partial charge is 0.505 e. The zero-order valence-corrected chi connectivity index (χ0v) is 23.6. The van der Waals surface area contributed by atoms with Gasteiger partial charge in [-0.15, -0.1) is 30.0 Å². The third kappa shape index (κ3) is 4.60. The molecule has 6 rings (SSSR count). The lowest BCUT2D eigenvalue weighted by Gasteiger charge is -2.23.